The zero-order valence-electron chi connectivity index (χ0n) is 28.6. The van der Waals surface area contributed by atoms with Crippen molar-refractivity contribution in [2.45, 2.75) is 185 Å². The first-order chi connectivity index (χ1) is 22.4. The van der Waals surface area contributed by atoms with Crippen LogP contribution >= 0.6 is 7.82 Å². The van der Waals surface area contributed by atoms with E-state index >= 15 is 0 Å². The number of rotatable bonds is 28. The van der Waals surface area contributed by atoms with Gasteiger partial charge in [0.15, 0.2) is 6.10 Å². The summed E-state index contributed by atoms with van der Waals surface area (Å²) < 4.78 is 32.8. The van der Waals surface area contributed by atoms with Crippen molar-refractivity contribution in [3.05, 3.63) is 0 Å². The van der Waals surface area contributed by atoms with Crippen molar-refractivity contribution in [1.29, 1.82) is 0 Å². The number of aliphatic hydroxyl groups excluding tert-OH is 5. The van der Waals surface area contributed by atoms with Gasteiger partial charge in [-0.1, -0.05) is 117 Å². The summed E-state index contributed by atoms with van der Waals surface area (Å²) in [4.78, 5) is 34.7. The topological polar surface area (TPSA) is 210 Å². The van der Waals surface area contributed by atoms with Crippen LogP contribution in [0.2, 0.25) is 0 Å². The van der Waals surface area contributed by atoms with Gasteiger partial charge in [-0.25, -0.2) is 4.57 Å². The lowest BCUT2D eigenvalue weighted by atomic mass is 9.85. The van der Waals surface area contributed by atoms with Gasteiger partial charge in [0.1, 0.15) is 43.2 Å². The Morgan fingerprint density at radius 2 is 0.979 bits per heavy atom. The van der Waals surface area contributed by atoms with E-state index in [0.717, 1.165) is 25.7 Å². The molecule has 1 aliphatic carbocycles. The van der Waals surface area contributed by atoms with Gasteiger partial charge in [-0.05, 0) is 12.8 Å². The van der Waals surface area contributed by atoms with E-state index in [-0.39, 0.29) is 12.8 Å². The number of unbranched alkanes of at least 4 members (excludes halogenated alkanes) is 16. The first-order valence-corrected chi connectivity index (χ1v) is 19.3. The summed E-state index contributed by atoms with van der Waals surface area (Å²) >= 11 is 0. The third-order valence-electron chi connectivity index (χ3n) is 8.45. The Morgan fingerprint density at radius 1 is 0.574 bits per heavy atom. The van der Waals surface area contributed by atoms with Crippen molar-refractivity contribution < 1.29 is 63.1 Å². The largest absolute Gasteiger partial charge is 0.472 e. The number of aliphatic hydroxyl groups is 5. The average Bonchev–Trinajstić information content (AvgIpc) is 3.04. The van der Waals surface area contributed by atoms with E-state index in [4.69, 9.17) is 18.5 Å². The standard InChI is InChI=1S/C33H63O13P/c1-3-5-7-8-9-10-11-12-13-14-15-16-17-18-19-20-22-27(35)45-25(23-43-26(34)21-6-4-2)24-44-47(41,42)46-33-31(39)29(37)28(36)30(38)32(33)40/h25,28-33,36-40H,3-24H2,1-2H3,(H,41,42). The van der Waals surface area contributed by atoms with Crippen molar-refractivity contribution in [2.24, 2.45) is 0 Å². The molecule has 0 radical (unpaired) electrons. The van der Waals surface area contributed by atoms with Gasteiger partial charge in [-0.2, -0.15) is 0 Å². The van der Waals surface area contributed by atoms with Gasteiger partial charge in [0.2, 0.25) is 0 Å². The van der Waals surface area contributed by atoms with Gasteiger partial charge in [-0.3, -0.25) is 18.6 Å². The van der Waals surface area contributed by atoms with Gasteiger partial charge >= 0.3 is 19.8 Å². The lowest BCUT2D eigenvalue weighted by molar-refractivity contribution is -0.220. The third kappa shape index (κ3) is 19.6. The maximum absolute atomic E-state index is 12.6. The summed E-state index contributed by atoms with van der Waals surface area (Å²) in [5.41, 5.74) is 0. The predicted octanol–water partition coefficient (Wildman–Crippen LogP) is 4.60. The van der Waals surface area contributed by atoms with Gasteiger partial charge in [0.05, 0.1) is 6.61 Å². The van der Waals surface area contributed by atoms with Crippen LogP contribution in [0.4, 0.5) is 0 Å². The molecule has 0 aromatic heterocycles. The molecule has 0 aromatic rings. The molecule has 278 valence electrons. The van der Waals surface area contributed by atoms with E-state index in [0.29, 0.717) is 12.8 Å². The zero-order chi connectivity index (χ0) is 35.1. The Balaban J connectivity index is 2.39. The Bertz CT molecular complexity index is 859. The summed E-state index contributed by atoms with van der Waals surface area (Å²) in [7, 11) is -5.08. The highest BCUT2D eigenvalue weighted by Crippen LogP contribution is 2.47. The molecule has 1 saturated carbocycles. The molecule has 6 N–H and O–H groups in total. The van der Waals surface area contributed by atoms with Crippen LogP contribution in [0.15, 0.2) is 0 Å². The van der Waals surface area contributed by atoms with Gasteiger partial charge in [-0.15, -0.1) is 0 Å². The van der Waals surface area contributed by atoms with Crippen molar-refractivity contribution in [3.8, 4) is 0 Å². The van der Waals surface area contributed by atoms with E-state index in [1.165, 1.54) is 77.0 Å². The van der Waals surface area contributed by atoms with Crippen molar-refractivity contribution in [1.82, 2.24) is 0 Å². The van der Waals surface area contributed by atoms with E-state index in [1.54, 1.807) is 0 Å². The van der Waals surface area contributed by atoms with Crippen LogP contribution in [0.5, 0.6) is 0 Å². The van der Waals surface area contributed by atoms with E-state index < -0.39 is 75.7 Å². The highest BCUT2D eigenvalue weighted by atomic mass is 31.2. The maximum Gasteiger partial charge on any atom is 0.472 e. The molecule has 14 heteroatoms. The van der Waals surface area contributed by atoms with Crippen LogP contribution in [-0.2, 0) is 32.7 Å². The zero-order valence-corrected chi connectivity index (χ0v) is 29.5. The van der Waals surface area contributed by atoms with Crippen molar-refractivity contribution in [2.75, 3.05) is 13.2 Å². The van der Waals surface area contributed by atoms with E-state index in [9.17, 15) is 44.6 Å². The van der Waals surface area contributed by atoms with Crippen LogP contribution in [-0.4, -0.2) is 98.3 Å². The number of ether oxygens (including phenoxy) is 2. The third-order valence-corrected chi connectivity index (χ3v) is 9.43. The predicted molar refractivity (Wildman–Crippen MR) is 175 cm³/mol. The number of hydrogen-bond donors (Lipinski definition) is 6. The minimum atomic E-state index is -5.08. The summed E-state index contributed by atoms with van der Waals surface area (Å²) in [6.45, 7) is 2.98. The molecular formula is C33H63O13P. The number of hydrogen-bond acceptors (Lipinski definition) is 12. The van der Waals surface area contributed by atoms with Crippen LogP contribution in [0.25, 0.3) is 0 Å². The molecule has 1 rings (SSSR count). The van der Waals surface area contributed by atoms with Gasteiger partial charge in [0, 0.05) is 12.8 Å². The summed E-state index contributed by atoms with van der Waals surface area (Å²) in [5.74, 6) is -1.13. The molecule has 0 heterocycles. The molecule has 0 spiro atoms. The molecule has 6 atom stereocenters. The van der Waals surface area contributed by atoms with Crippen LogP contribution < -0.4 is 0 Å². The van der Waals surface area contributed by atoms with Crippen LogP contribution in [0.1, 0.15) is 142 Å². The quantitative estimate of drug-likeness (QED) is 0.0375. The first-order valence-electron chi connectivity index (χ1n) is 17.8. The molecule has 1 aliphatic rings. The molecule has 0 aromatic carbocycles. The van der Waals surface area contributed by atoms with E-state index in [1.807, 2.05) is 6.92 Å². The minimum absolute atomic E-state index is 0.102. The normalized spacial score (nSPS) is 24.9. The first kappa shape index (κ1) is 43.9. The molecule has 0 aliphatic heterocycles. The van der Waals surface area contributed by atoms with Gasteiger partial charge in [0.25, 0.3) is 0 Å². The second kappa shape index (κ2) is 25.8. The lowest BCUT2D eigenvalue weighted by Crippen LogP contribution is -2.64. The fourth-order valence-corrected chi connectivity index (χ4v) is 6.41. The number of carbonyl (C=O) groups is 2. The smallest absolute Gasteiger partial charge is 0.462 e. The molecule has 6 unspecified atom stereocenters. The Hall–Kier alpha value is -1.15. The lowest BCUT2D eigenvalue weighted by Gasteiger charge is -2.41. The van der Waals surface area contributed by atoms with Crippen LogP contribution in [0, 0.1) is 0 Å². The highest BCUT2D eigenvalue weighted by molar-refractivity contribution is 7.47. The summed E-state index contributed by atoms with van der Waals surface area (Å²) in [5, 5.41) is 49.5. The molecule has 13 nitrogen and oxygen atoms in total. The number of esters is 2. The molecular weight excluding hydrogens is 635 g/mol. The molecule has 1 fully saturated rings. The second-order valence-electron chi connectivity index (χ2n) is 12.7. The fourth-order valence-electron chi connectivity index (χ4n) is 5.44. The fraction of sp³-hybridized carbons (Fsp3) is 0.939. The Morgan fingerprint density at radius 3 is 1.45 bits per heavy atom. The van der Waals surface area contributed by atoms with Crippen LogP contribution in [0.3, 0.4) is 0 Å². The molecule has 47 heavy (non-hydrogen) atoms. The minimum Gasteiger partial charge on any atom is -0.462 e. The molecule has 0 amide bonds. The monoisotopic (exact) mass is 698 g/mol. The Labute approximate surface area is 281 Å². The second-order valence-corrected chi connectivity index (χ2v) is 14.1. The maximum atomic E-state index is 12.6. The van der Waals surface area contributed by atoms with Crippen molar-refractivity contribution >= 4 is 19.8 Å². The summed E-state index contributed by atoms with van der Waals surface area (Å²) in [6.07, 6.45) is 7.64. The van der Waals surface area contributed by atoms with Crippen molar-refractivity contribution in [3.63, 3.8) is 0 Å². The molecule has 0 bridgehead atoms. The Kier molecular flexibility index (Phi) is 24.1. The SMILES string of the molecule is CCCCCCCCCCCCCCCCCCC(=O)OC(COC(=O)CCCC)COP(=O)(O)OC1C(O)C(O)C(O)C(O)C1O. The number of phosphoric acid groups is 1. The van der Waals surface area contributed by atoms with Gasteiger partial charge < -0.3 is 39.9 Å². The summed E-state index contributed by atoms with van der Waals surface area (Å²) in [6, 6.07) is 0. The van der Waals surface area contributed by atoms with E-state index in [2.05, 4.69) is 6.92 Å². The number of carbonyl (C=O) groups excluding carboxylic acids is 2. The number of phosphoric ester groups is 1. The highest BCUT2D eigenvalue weighted by Gasteiger charge is 2.51. The average molecular weight is 699 g/mol. The molecule has 0 saturated heterocycles.